The quantitative estimate of drug-likeness (QED) is 0.813. The Hall–Kier alpha value is -1.65. The van der Waals surface area contributed by atoms with Gasteiger partial charge in [-0.3, -0.25) is 0 Å². The maximum atomic E-state index is 5.84. The highest BCUT2D eigenvalue weighted by atomic mass is 35.5. The van der Waals surface area contributed by atoms with Gasteiger partial charge in [0.05, 0.1) is 0 Å². The Morgan fingerprint density at radius 1 is 1.06 bits per heavy atom. The first-order chi connectivity index (χ1) is 8.79. The van der Waals surface area contributed by atoms with Crippen LogP contribution in [0.25, 0.3) is 11.1 Å². The number of nitrogens with zero attached hydrogens (tertiary/aromatic N) is 2. The van der Waals surface area contributed by atoms with Crippen molar-refractivity contribution >= 4 is 17.5 Å². The van der Waals surface area contributed by atoms with Gasteiger partial charge in [-0.1, -0.05) is 23.7 Å². The fourth-order valence-corrected chi connectivity index (χ4v) is 1.64. The summed E-state index contributed by atoms with van der Waals surface area (Å²) < 4.78 is 0. The van der Waals surface area contributed by atoms with Gasteiger partial charge in [0.2, 0.25) is 5.95 Å². The van der Waals surface area contributed by atoms with Crippen molar-refractivity contribution < 1.29 is 0 Å². The molecule has 1 aromatic heterocycles. The first kappa shape index (κ1) is 12.8. The normalized spacial score (nSPS) is 10.3. The molecule has 0 saturated carbocycles. The van der Waals surface area contributed by atoms with E-state index in [0.29, 0.717) is 12.5 Å². The van der Waals surface area contributed by atoms with Gasteiger partial charge in [-0.2, -0.15) is 0 Å². The molecule has 0 bridgehead atoms. The SMILES string of the molecule is NCCCNc1ncc(-c2ccc(Cl)cc2)cn1. The molecule has 0 spiro atoms. The van der Waals surface area contributed by atoms with Gasteiger partial charge in [0, 0.05) is 29.5 Å². The van der Waals surface area contributed by atoms with Crippen LogP contribution >= 0.6 is 11.6 Å². The number of nitrogens with two attached hydrogens (primary N) is 1. The number of hydrogen-bond donors (Lipinski definition) is 2. The molecule has 0 aliphatic carbocycles. The van der Waals surface area contributed by atoms with Gasteiger partial charge in [-0.25, -0.2) is 9.97 Å². The first-order valence-corrected chi connectivity index (χ1v) is 6.19. The van der Waals surface area contributed by atoms with E-state index in [-0.39, 0.29) is 0 Å². The van der Waals surface area contributed by atoms with E-state index in [0.717, 1.165) is 29.1 Å². The van der Waals surface area contributed by atoms with Crippen LogP contribution in [0.3, 0.4) is 0 Å². The molecule has 5 heteroatoms. The maximum absolute atomic E-state index is 5.84. The lowest BCUT2D eigenvalue weighted by Gasteiger charge is -2.05. The smallest absolute Gasteiger partial charge is 0.222 e. The zero-order chi connectivity index (χ0) is 12.8. The zero-order valence-corrected chi connectivity index (χ0v) is 10.7. The Morgan fingerprint density at radius 3 is 2.33 bits per heavy atom. The Labute approximate surface area is 111 Å². The Kier molecular flexibility index (Phi) is 4.50. The molecular weight excluding hydrogens is 248 g/mol. The van der Waals surface area contributed by atoms with E-state index >= 15 is 0 Å². The number of aromatic nitrogens is 2. The van der Waals surface area contributed by atoms with Crippen LogP contribution in [0.15, 0.2) is 36.7 Å². The van der Waals surface area contributed by atoms with Crippen molar-refractivity contribution in [3.63, 3.8) is 0 Å². The molecule has 2 rings (SSSR count). The number of benzene rings is 1. The van der Waals surface area contributed by atoms with Crippen molar-refractivity contribution in [2.75, 3.05) is 18.4 Å². The highest BCUT2D eigenvalue weighted by Gasteiger charge is 2.00. The van der Waals surface area contributed by atoms with Crippen molar-refractivity contribution in [1.29, 1.82) is 0 Å². The van der Waals surface area contributed by atoms with Crippen molar-refractivity contribution in [3.05, 3.63) is 41.7 Å². The van der Waals surface area contributed by atoms with Gasteiger partial charge in [-0.05, 0) is 30.7 Å². The Morgan fingerprint density at radius 2 is 1.72 bits per heavy atom. The highest BCUT2D eigenvalue weighted by Crippen LogP contribution is 2.20. The third-order valence-electron chi connectivity index (χ3n) is 2.49. The molecule has 0 saturated heterocycles. The fourth-order valence-electron chi connectivity index (χ4n) is 1.51. The van der Waals surface area contributed by atoms with Crippen LogP contribution in [0.4, 0.5) is 5.95 Å². The van der Waals surface area contributed by atoms with E-state index in [4.69, 9.17) is 17.3 Å². The molecule has 0 amide bonds. The van der Waals surface area contributed by atoms with Crippen LogP contribution in [0.5, 0.6) is 0 Å². The van der Waals surface area contributed by atoms with Crippen LogP contribution in [0.1, 0.15) is 6.42 Å². The van der Waals surface area contributed by atoms with E-state index in [2.05, 4.69) is 15.3 Å². The van der Waals surface area contributed by atoms with E-state index in [1.54, 1.807) is 12.4 Å². The molecule has 0 aliphatic rings. The summed E-state index contributed by atoms with van der Waals surface area (Å²) in [5.74, 6) is 0.626. The predicted octanol–water partition coefficient (Wildman–Crippen LogP) is 2.56. The second-order valence-electron chi connectivity index (χ2n) is 3.87. The summed E-state index contributed by atoms with van der Waals surface area (Å²) in [7, 11) is 0. The van der Waals surface area contributed by atoms with Gasteiger partial charge in [-0.15, -0.1) is 0 Å². The molecule has 18 heavy (non-hydrogen) atoms. The molecule has 0 radical (unpaired) electrons. The third-order valence-corrected chi connectivity index (χ3v) is 2.75. The van der Waals surface area contributed by atoms with E-state index in [1.807, 2.05) is 24.3 Å². The van der Waals surface area contributed by atoms with Crippen LogP contribution < -0.4 is 11.1 Å². The minimum absolute atomic E-state index is 0.626. The molecule has 4 nitrogen and oxygen atoms in total. The number of anilines is 1. The minimum atomic E-state index is 0.626. The monoisotopic (exact) mass is 262 g/mol. The number of hydrogen-bond acceptors (Lipinski definition) is 4. The number of halogens is 1. The van der Waals surface area contributed by atoms with E-state index in [9.17, 15) is 0 Å². The molecule has 2 aromatic rings. The first-order valence-electron chi connectivity index (χ1n) is 5.81. The average Bonchev–Trinajstić information content (AvgIpc) is 2.41. The maximum Gasteiger partial charge on any atom is 0.222 e. The number of rotatable bonds is 5. The van der Waals surface area contributed by atoms with Gasteiger partial charge in [0.15, 0.2) is 0 Å². The lowest BCUT2D eigenvalue weighted by atomic mass is 10.1. The summed E-state index contributed by atoms with van der Waals surface area (Å²) >= 11 is 5.84. The standard InChI is InChI=1S/C13H15ClN4/c14-12-4-2-10(3-5-12)11-8-17-13(18-9-11)16-7-1-6-15/h2-5,8-9H,1,6-7,15H2,(H,16,17,18). The lowest BCUT2D eigenvalue weighted by Crippen LogP contribution is -2.10. The molecule has 1 heterocycles. The molecular formula is C13H15ClN4. The van der Waals surface area contributed by atoms with Crippen molar-refractivity contribution in [2.24, 2.45) is 5.73 Å². The molecule has 3 N–H and O–H groups in total. The topological polar surface area (TPSA) is 63.8 Å². The highest BCUT2D eigenvalue weighted by molar-refractivity contribution is 6.30. The number of nitrogens with one attached hydrogen (secondary N) is 1. The van der Waals surface area contributed by atoms with Crippen LogP contribution in [-0.4, -0.2) is 23.1 Å². The molecule has 0 fully saturated rings. The Balaban J connectivity index is 2.05. The van der Waals surface area contributed by atoms with Crippen molar-refractivity contribution in [2.45, 2.75) is 6.42 Å². The van der Waals surface area contributed by atoms with Gasteiger partial charge in [0.1, 0.15) is 0 Å². The summed E-state index contributed by atoms with van der Waals surface area (Å²) in [5.41, 5.74) is 7.43. The Bertz CT molecular complexity index is 481. The minimum Gasteiger partial charge on any atom is -0.354 e. The largest absolute Gasteiger partial charge is 0.354 e. The zero-order valence-electron chi connectivity index (χ0n) is 9.94. The molecule has 0 atom stereocenters. The summed E-state index contributed by atoms with van der Waals surface area (Å²) in [4.78, 5) is 8.51. The third kappa shape index (κ3) is 3.42. The summed E-state index contributed by atoms with van der Waals surface area (Å²) in [6.07, 6.45) is 4.49. The fraction of sp³-hybridized carbons (Fsp3) is 0.231. The van der Waals surface area contributed by atoms with Crippen LogP contribution in [0, 0.1) is 0 Å². The van der Waals surface area contributed by atoms with Gasteiger partial charge < -0.3 is 11.1 Å². The van der Waals surface area contributed by atoms with Crippen molar-refractivity contribution in [1.82, 2.24) is 9.97 Å². The van der Waals surface area contributed by atoms with Gasteiger partial charge in [0.25, 0.3) is 0 Å². The average molecular weight is 263 g/mol. The molecule has 1 aromatic carbocycles. The summed E-state index contributed by atoms with van der Waals surface area (Å²) in [6.45, 7) is 1.45. The second kappa shape index (κ2) is 6.33. The summed E-state index contributed by atoms with van der Waals surface area (Å²) in [6, 6.07) is 7.60. The van der Waals surface area contributed by atoms with Crippen LogP contribution in [0.2, 0.25) is 5.02 Å². The van der Waals surface area contributed by atoms with Gasteiger partial charge >= 0.3 is 0 Å². The molecule has 94 valence electrons. The second-order valence-corrected chi connectivity index (χ2v) is 4.31. The van der Waals surface area contributed by atoms with Crippen molar-refractivity contribution in [3.8, 4) is 11.1 Å². The van der Waals surface area contributed by atoms with E-state index in [1.165, 1.54) is 0 Å². The lowest BCUT2D eigenvalue weighted by molar-refractivity contribution is 0.864. The van der Waals surface area contributed by atoms with E-state index < -0.39 is 0 Å². The molecule has 0 aliphatic heterocycles. The predicted molar refractivity (Wildman–Crippen MR) is 74.6 cm³/mol. The summed E-state index contributed by atoms with van der Waals surface area (Å²) in [5, 5.41) is 3.83. The van der Waals surface area contributed by atoms with Crippen LogP contribution in [-0.2, 0) is 0 Å². The molecule has 0 unspecified atom stereocenters.